The lowest BCUT2D eigenvalue weighted by atomic mass is 10.2. The molecule has 0 aromatic carbocycles. The molecular formula is C16H26N4O. The number of aryl methyl sites for hydroxylation is 1. The number of urea groups is 1. The van der Waals surface area contributed by atoms with Crippen LogP contribution in [-0.4, -0.2) is 51.1 Å². The Morgan fingerprint density at radius 1 is 1.33 bits per heavy atom. The maximum absolute atomic E-state index is 12.8. The Morgan fingerprint density at radius 2 is 2.10 bits per heavy atom. The van der Waals surface area contributed by atoms with Gasteiger partial charge in [-0.1, -0.05) is 12.8 Å². The van der Waals surface area contributed by atoms with Crippen LogP contribution in [0.15, 0.2) is 12.4 Å². The Hall–Kier alpha value is -1.52. The van der Waals surface area contributed by atoms with Crippen molar-refractivity contribution in [3.8, 4) is 0 Å². The first-order chi connectivity index (χ1) is 10.2. The molecule has 0 spiro atoms. The van der Waals surface area contributed by atoms with Crippen LogP contribution in [0.5, 0.6) is 0 Å². The van der Waals surface area contributed by atoms with Gasteiger partial charge in [0.25, 0.3) is 0 Å². The van der Waals surface area contributed by atoms with Crippen molar-refractivity contribution in [3.63, 3.8) is 0 Å². The van der Waals surface area contributed by atoms with E-state index in [0.717, 1.165) is 31.8 Å². The average molecular weight is 290 g/mol. The van der Waals surface area contributed by atoms with Crippen LogP contribution in [0.25, 0.3) is 0 Å². The fourth-order valence-corrected chi connectivity index (χ4v) is 3.75. The van der Waals surface area contributed by atoms with Crippen molar-refractivity contribution in [1.29, 1.82) is 0 Å². The van der Waals surface area contributed by atoms with Gasteiger partial charge >= 0.3 is 6.03 Å². The van der Waals surface area contributed by atoms with Gasteiger partial charge in [-0.25, -0.2) is 9.78 Å². The number of imidazole rings is 1. The lowest BCUT2D eigenvalue weighted by molar-refractivity contribution is 0.138. The van der Waals surface area contributed by atoms with Crippen LogP contribution >= 0.6 is 0 Å². The molecule has 1 saturated heterocycles. The van der Waals surface area contributed by atoms with Gasteiger partial charge < -0.3 is 14.4 Å². The van der Waals surface area contributed by atoms with Gasteiger partial charge in [0.1, 0.15) is 5.82 Å². The topological polar surface area (TPSA) is 41.4 Å². The third-order valence-electron chi connectivity index (χ3n) is 5.13. The van der Waals surface area contributed by atoms with E-state index in [4.69, 9.17) is 0 Å². The highest BCUT2D eigenvalue weighted by Crippen LogP contribution is 2.26. The number of carbonyl (C=O) groups excluding carboxylic acids is 1. The number of hydrogen-bond acceptors (Lipinski definition) is 2. The summed E-state index contributed by atoms with van der Waals surface area (Å²) in [5.74, 6) is 1.03. The Bertz CT molecular complexity index is 492. The molecule has 0 N–H and O–H groups in total. The second-order valence-electron chi connectivity index (χ2n) is 6.45. The Labute approximate surface area is 126 Å². The number of rotatable bonds is 3. The van der Waals surface area contributed by atoms with E-state index in [9.17, 15) is 4.79 Å². The average Bonchev–Trinajstić information content (AvgIpc) is 3.20. The van der Waals surface area contributed by atoms with Gasteiger partial charge in [-0.15, -0.1) is 0 Å². The van der Waals surface area contributed by atoms with E-state index in [1.807, 2.05) is 31.3 Å². The molecule has 1 aliphatic heterocycles. The van der Waals surface area contributed by atoms with Gasteiger partial charge in [-0.2, -0.15) is 0 Å². The summed E-state index contributed by atoms with van der Waals surface area (Å²) in [6.07, 6.45) is 10.9. The summed E-state index contributed by atoms with van der Waals surface area (Å²) >= 11 is 0. The van der Waals surface area contributed by atoms with Crippen LogP contribution in [0.4, 0.5) is 4.79 Å². The number of amides is 2. The number of nitrogens with zero attached hydrogens (tertiary/aromatic N) is 4. The summed E-state index contributed by atoms with van der Waals surface area (Å²) in [5, 5.41) is 0. The second kappa shape index (κ2) is 6.08. The van der Waals surface area contributed by atoms with Crippen LogP contribution in [0, 0.1) is 6.92 Å². The minimum Gasteiger partial charge on any atom is -0.333 e. The number of likely N-dealkylation sites (tertiary alicyclic amines) is 1. The molecule has 3 rings (SSSR count). The molecule has 5 heteroatoms. The number of carbonyl (C=O) groups is 1. The normalized spacial score (nSPS) is 23.0. The maximum atomic E-state index is 12.8. The van der Waals surface area contributed by atoms with Crippen molar-refractivity contribution in [2.24, 2.45) is 0 Å². The van der Waals surface area contributed by atoms with Crippen LogP contribution in [0.1, 0.15) is 44.3 Å². The van der Waals surface area contributed by atoms with Crippen molar-refractivity contribution in [2.75, 3.05) is 13.6 Å². The molecule has 1 aromatic rings. The molecular weight excluding hydrogens is 264 g/mol. The van der Waals surface area contributed by atoms with E-state index in [2.05, 4.69) is 14.5 Å². The minimum atomic E-state index is 0.224. The van der Waals surface area contributed by atoms with Crippen molar-refractivity contribution >= 4 is 6.03 Å². The molecule has 21 heavy (non-hydrogen) atoms. The molecule has 1 atom stereocenters. The van der Waals surface area contributed by atoms with Crippen LogP contribution in [-0.2, 0) is 6.54 Å². The molecule has 2 fully saturated rings. The van der Waals surface area contributed by atoms with Gasteiger partial charge in [0.05, 0.1) is 6.04 Å². The molecule has 1 aromatic heterocycles. The fourth-order valence-electron chi connectivity index (χ4n) is 3.75. The van der Waals surface area contributed by atoms with Crippen molar-refractivity contribution in [2.45, 2.75) is 64.1 Å². The van der Waals surface area contributed by atoms with Crippen molar-refractivity contribution in [3.05, 3.63) is 18.2 Å². The van der Waals surface area contributed by atoms with Gasteiger partial charge in [0.15, 0.2) is 0 Å². The number of aromatic nitrogens is 2. The van der Waals surface area contributed by atoms with E-state index < -0.39 is 0 Å². The Morgan fingerprint density at radius 3 is 2.76 bits per heavy atom. The Kier molecular flexibility index (Phi) is 4.17. The van der Waals surface area contributed by atoms with Crippen LogP contribution in [0.3, 0.4) is 0 Å². The monoisotopic (exact) mass is 290 g/mol. The standard InChI is InChI=1S/C16H26N4O/c1-13-17-9-11-19(13)12-15-8-5-10-20(15)16(21)18(2)14-6-3-4-7-14/h9,11,14-15H,3-8,10,12H2,1-2H3. The van der Waals surface area contributed by atoms with Gasteiger partial charge in [0.2, 0.25) is 0 Å². The summed E-state index contributed by atoms with van der Waals surface area (Å²) in [6, 6.07) is 0.991. The SMILES string of the molecule is Cc1nccn1CC1CCCN1C(=O)N(C)C1CCCC1. The van der Waals surface area contributed by atoms with E-state index in [-0.39, 0.29) is 6.03 Å². The predicted molar refractivity (Wildman–Crippen MR) is 82.1 cm³/mol. The lowest BCUT2D eigenvalue weighted by Gasteiger charge is -2.33. The minimum absolute atomic E-state index is 0.224. The Balaban J connectivity index is 1.65. The van der Waals surface area contributed by atoms with Gasteiger partial charge in [0, 0.05) is 38.6 Å². The zero-order chi connectivity index (χ0) is 14.8. The third kappa shape index (κ3) is 2.92. The molecule has 2 aliphatic rings. The van der Waals surface area contributed by atoms with Gasteiger partial charge in [-0.3, -0.25) is 0 Å². The second-order valence-corrected chi connectivity index (χ2v) is 6.45. The zero-order valence-electron chi connectivity index (χ0n) is 13.2. The highest BCUT2D eigenvalue weighted by Gasteiger charge is 2.33. The predicted octanol–water partition coefficient (Wildman–Crippen LogP) is 2.65. The molecule has 0 bridgehead atoms. The molecule has 5 nitrogen and oxygen atoms in total. The summed E-state index contributed by atoms with van der Waals surface area (Å²) < 4.78 is 2.16. The van der Waals surface area contributed by atoms with Gasteiger partial charge in [-0.05, 0) is 32.6 Å². The van der Waals surface area contributed by atoms with E-state index in [1.165, 1.54) is 25.7 Å². The number of hydrogen-bond donors (Lipinski definition) is 0. The summed E-state index contributed by atoms with van der Waals surface area (Å²) in [4.78, 5) is 21.1. The molecule has 116 valence electrons. The molecule has 2 heterocycles. The first-order valence-electron chi connectivity index (χ1n) is 8.18. The van der Waals surface area contributed by atoms with Crippen molar-refractivity contribution in [1.82, 2.24) is 19.4 Å². The molecule has 2 amide bonds. The first kappa shape index (κ1) is 14.4. The summed E-state index contributed by atoms with van der Waals surface area (Å²) in [7, 11) is 1.98. The lowest BCUT2D eigenvalue weighted by Crippen LogP contribution is -2.48. The highest BCUT2D eigenvalue weighted by atomic mass is 16.2. The summed E-state index contributed by atoms with van der Waals surface area (Å²) in [6.45, 7) is 3.79. The van der Waals surface area contributed by atoms with E-state index >= 15 is 0 Å². The molecule has 0 radical (unpaired) electrons. The largest absolute Gasteiger partial charge is 0.333 e. The molecule has 1 saturated carbocycles. The molecule has 1 aliphatic carbocycles. The quantitative estimate of drug-likeness (QED) is 0.858. The molecule has 1 unspecified atom stereocenters. The van der Waals surface area contributed by atoms with Crippen LogP contribution in [0.2, 0.25) is 0 Å². The van der Waals surface area contributed by atoms with E-state index in [1.54, 1.807) is 0 Å². The van der Waals surface area contributed by atoms with E-state index in [0.29, 0.717) is 12.1 Å². The highest BCUT2D eigenvalue weighted by molar-refractivity contribution is 5.75. The maximum Gasteiger partial charge on any atom is 0.320 e. The third-order valence-corrected chi connectivity index (χ3v) is 5.13. The summed E-state index contributed by atoms with van der Waals surface area (Å²) in [5.41, 5.74) is 0. The fraction of sp³-hybridized carbons (Fsp3) is 0.750. The van der Waals surface area contributed by atoms with Crippen molar-refractivity contribution < 1.29 is 4.79 Å². The smallest absolute Gasteiger partial charge is 0.320 e. The van der Waals surface area contributed by atoms with Crippen LogP contribution < -0.4 is 0 Å². The zero-order valence-corrected chi connectivity index (χ0v) is 13.2. The first-order valence-corrected chi connectivity index (χ1v) is 8.18.